The van der Waals surface area contributed by atoms with Crippen molar-refractivity contribution in [2.24, 2.45) is 0 Å². The lowest BCUT2D eigenvalue weighted by Crippen LogP contribution is -2.68. The van der Waals surface area contributed by atoms with Crippen molar-refractivity contribution in [1.29, 1.82) is 5.26 Å². The van der Waals surface area contributed by atoms with Crippen molar-refractivity contribution >= 4 is 17.4 Å². The second-order valence-corrected chi connectivity index (χ2v) is 13.1. The van der Waals surface area contributed by atoms with E-state index in [-0.39, 0.29) is 30.9 Å². The highest BCUT2D eigenvalue weighted by atomic mass is 16.6. The molecule has 14 heteroatoms. The summed E-state index contributed by atoms with van der Waals surface area (Å²) in [6.07, 6.45) is 8.26. The van der Waals surface area contributed by atoms with Crippen LogP contribution in [0.4, 0.5) is 10.6 Å². The number of amides is 1. The lowest BCUT2D eigenvalue weighted by molar-refractivity contribution is -0.0557. The van der Waals surface area contributed by atoms with Gasteiger partial charge in [-0.05, 0) is 38.8 Å². The molecule has 14 nitrogen and oxygen atoms in total. The predicted octanol–water partition coefficient (Wildman–Crippen LogP) is 3.54. The van der Waals surface area contributed by atoms with Crippen LogP contribution in [0.5, 0.6) is 11.6 Å². The third-order valence-corrected chi connectivity index (χ3v) is 8.57. The number of nitriles is 1. The molecule has 0 radical (unpaired) electrons. The van der Waals surface area contributed by atoms with Gasteiger partial charge in [0.25, 0.3) is 0 Å². The summed E-state index contributed by atoms with van der Waals surface area (Å²) in [6.45, 7) is 6.37. The van der Waals surface area contributed by atoms with Crippen LogP contribution in [0.3, 0.4) is 0 Å². The standard InChI is InChI=1S/C34H39N9O5/c1-34(2,3)48-33(44)40-7-8-46-27(19-40)21-47-26-10-28(32-23(11-35)13-39-43(32)20-26)29-14-37-30(15-36-29)41-17-24-9-25(18-41)42(24)16-22-5-6-31(45-4)38-12-22/h5-6,10,12-15,20,24-25,27H,7-9,16-19,21H2,1-4H3/t24?,25?,27-/m1/s1/i16D2. The number of hydrogen-bond acceptors (Lipinski definition) is 12. The maximum absolute atomic E-state index is 12.6. The molecule has 0 saturated carbocycles. The SMILES string of the molecule is [2H]C([2H])(c1ccc(OC)nc1)N1C2CC1CN(c1cnc(-c3cc(OC[C@H]4CN(C(=O)OC(C)(C)C)CCO4)cn4ncc(C#N)c34)cn1)C2. The first kappa shape index (κ1) is 29.2. The summed E-state index contributed by atoms with van der Waals surface area (Å²) in [4.78, 5) is 32.0. The molecule has 4 aliphatic rings. The van der Waals surface area contributed by atoms with Crippen LogP contribution in [0.1, 0.15) is 41.1 Å². The molecule has 4 aliphatic heterocycles. The van der Waals surface area contributed by atoms with Gasteiger partial charge in [0.2, 0.25) is 5.88 Å². The number of rotatable bonds is 8. The number of anilines is 1. The molecular formula is C34H39N9O5. The van der Waals surface area contributed by atoms with Crippen molar-refractivity contribution in [3.05, 3.63) is 60.3 Å². The van der Waals surface area contributed by atoms with E-state index in [0.29, 0.717) is 78.1 Å². The molecule has 2 bridgehead atoms. The fourth-order valence-corrected chi connectivity index (χ4v) is 6.27. The van der Waals surface area contributed by atoms with E-state index in [9.17, 15) is 10.1 Å². The molecule has 48 heavy (non-hydrogen) atoms. The molecular weight excluding hydrogens is 614 g/mol. The molecule has 0 aromatic carbocycles. The highest BCUT2D eigenvalue weighted by molar-refractivity contribution is 5.83. The molecule has 4 aromatic rings. The quantitative estimate of drug-likeness (QED) is 0.274. The Balaban J connectivity index is 1.05. The normalized spacial score (nSPS) is 21.9. The first-order valence-corrected chi connectivity index (χ1v) is 15.9. The van der Waals surface area contributed by atoms with Crippen molar-refractivity contribution in [2.75, 3.05) is 51.4 Å². The van der Waals surface area contributed by atoms with Gasteiger partial charge in [-0.1, -0.05) is 6.07 Å². The smallest absolute Gasteiger partial charge is 0.410 e. The van der Waals surface area contributed by atoms with E-state index in [1.54, 1.807) is 46.2 Å². The highest BCUT2D eigenvalue weighted by Gasteiger charge is 2.44. The number of aromatic nitrogens is 5. The summed E-state index contributed by atoms with van der Waals surface area (Å²) in [6, 6.07) is 7.43. The molecule has 0 N–H and O–H groups in total. The molecule has 4 saturated heterocycles. The molecule has 8 heterocycles. The van der Waals surface area contributed by atoms with E-state index in [2.05, 4.69) is 21.1 Å². The van der Waals surface area contributed by atoms with Gasteiger partial charge in [-0.3, -0.25) is 9.88 Å². The number of methoxy groups -OCH3 is 1. The van der Waals surface area contributed by atoms with Gasteiger partial charge in [-0.15, -0.1) is 0 Å². The van der Waals surface area contributed by atoms with Gasteiger partial charge in [0, 0.05) is 58.8 Å². The van der Waals surface area contributed by atoms with E-state index in [1.165, 1.54) is 19.5 Å². The highest BCUT2D eigenvalue weighted by Crippen LogP contribution is 2.36. The molecule has 4 aromatic heterocycles. The number of pyridine rings is 2. The number of piperazine rings is 1. The van der Waals surface area contributed by atoms with Crippen LogP contribution in [0.2, 0.25) is 0 Å². The Morgan fingerprint density at radius 3 is 2.65 bits per heavy atom. The molecule has 1 amide bonds. The Bertz CT molecular complexity index is 1900. The zero-order valence-corrected chi connectivity index (χ0v) is 27.4. The van der Waals surface area contributed by atoms with Crippen molar-refractivity contribution in [3.8, 4) is 29.0 Å². The third-order valence-electron chi connectivity index (χ3n) is 8.57. The average molecular weight is 656 g/mol. The van der Waals surface area contributed by atoms with Gasteiger partial charge in [0.15, 0.2) is 0 Å². The number of ether oxygens (including phenoxy) is 4. The van der Waals surface area contributed by atoms with Crippen LogP contribution in [0, 0.1) is 11.3 Å². The largest absolute Gasteiger partial charge is 0.489 e. The Kier molecular flexibility index (Phi) is 7.83. The Morgan fingerprint density at radius 1 is 1.12 bits per heavy atom. The Morgan fingerprint density at radius 2 is 1.96 bits per heavy atom. The first-order valence-electron chi connectivity index (χ1n) is 16.9. The van der Waals surface area contributed by atoms with Crippen LogP contribution in [-0.2, 0) is 16.0 Å². The number of carbonyl (C=O) groups excluding carboxylic acids is 1. The molecule has 250 valence electrons. The third kappa shape index (κ3) is 6.56. The molecule has 4 fully saturated rings. The van der Waals surface area contributed by atoms with Gasteiger partial charge in [0.05, 0.1) is 61.8 Å². The summed E-state index contributed by atoms with van der Waals surface area (Å²) in [5.41, 5.74) is 2.04. The molecule has 0 spiro atoms. The van der Waals surface area contributed by atoms with Crippen LogP contribution >= 0.6 is 0 Å². The minimum absolute atomic E-state index is 0.00937. The lowest BCUT2D eigenvalue weighted by atomic mass is 9.87. The summed E-state index contributed by atoms with van der Waals surface area (Å²) in [5, 5.41) is 14.2. The summed E-state index contributed by atoms with van der Waals surface area (Å²) in [7, 11) is 1.53. The van der Waals surface area contributed by atoms with Crippen molar-refractivity contribution in [3.63, 3.8) is 0 Å². The average Bonchev–Trinajstić information content (AvgIpc) is 3.53. The lowest BCUT2D eigenvalue weighted by Gasteiger charge is -2.56. The van der Waals surface area contributed by atoms with Crippen LogP contribution in [-0.4, -0.2) is 111 Å². The number of carbonyl (C=O) groups is 1. The van der Waals surface area contributed by atoms with Gasteiger partial charge < -0.3 is 28.7 Å². The minimum atomic E-state index is -1.67. The summed E-state index contributed by atoms with van der Waals surface area (Å²) in [5.74, 6) is 1.62. The van der Waals surface area contributed by atoms with Crippen LogP contribution < -0.4 is 14.4 Å². The van der Waals surface area contributed by atoms with Gasteiger partial charge in [0.1, 0.15) is 35.9 Å². The van der Waals surface area contributed by atoms with Crippen molar-refractivity contribution in [2.45, 2.75) is 57.5 Å². The van der Waals surface area contributed by atoms with Crippen LogP contribution in [0.25, 0.3) is 16.8 Å². The Labute approximate surface area is 281 Å². The van der Waals surface area contributed by atoms with Crippen LogP contribution in [0.15, 0.2) is 49.2 Å². The predicted molar refractivity (Wildman–Crippen MR) is 175 cm³/mol. The topological polar surface area (TPSA) is 143 Å². The molecule has 3 atom stereocenters. The van der Waals surface area contributed by atoms with Gasteiger partial charge in [-0.2, -0.15) is 10.4 Å². The van der Waals surface area contributed by atoms with Crippen molar-refractivity contribution < 1.29 is 26.5 Å². The first-order chi connectivity index (χ1) is 23.9. The summed E-state index contributed by atoms with van der Waals surface area (Å²) < 4.78 is 42.1. The number of nitrogens with zero attached hydrogens (tertiary/aromatic N) is 9. The second kappa shape index (κ2) is 12.9. The van der Waals surface area contributed by atoms with E-state index < -0.39 is 12.1 Å². The van der Waals surface area contributed by atoms with Crippen molar-refractivity contribution in [1.82, 2.24) is 34.4 Å². The number of morpholine rings is 1. The number of piperidine rings is 1. The summed E-state index contributed by atoms with van der Waals surface area (Å²) >= 11 is 0. The molecule has 8 rings (SSSR count). The van der Waals surface area contributed by atoms with Gasteiger partial charge >= 0.3 is 6.09 Å². The Hall–Kier alpha value is -5.00. The molecule has 2 unspecified atom stereocenters. The van der Waals surface area contributed by atoms with E-state index in [0.717, 1.165) is 6.42 Å². The zero-order chi connectivity index (χ0) is 35.2. The van der Waals surface area contributed by atoms with E-state index in [4.69, 9.17) is 31.7 Å². The van der Waals surface area contributed by atoms with Gasteiger partial charge in [-0.25, -0.2) is 19.3 Å². The number of fused-ring (bicyclic) bond motifs is 3. The number of hydrogen-bond donors (Lipinski definition) is 0. The zero-order valence-electron chi connectivity index (χ0n) is 29.4. The maximum atomic E-state index is 12.6. The fourth-order valence-electron chi connectivity index (χ4n) is 6.27. The van der Waals surface area contributed by atoms with E-state index in [1.807, 2.05) is 25.7 Å². The monoisotopic (exact) mass is 655 g/mol. The fraction of sp³-hybridized carbons (Fsp3) is 0.471. The minimum Gasteiger partial charge on any atom is -0.489 e. The maximum Gasteiger partial charge on any atom is 0.410 e. The van der Waals surface area contributed by atoms with E-state index >= 15 is 0 Å². The molecule has 0 aliphatic carbocycles. The second-order valence-electron chi connectivity index (χ2n) is 13.1.